The van der Waals surface area contributed by atoms with E-state index in [4.69, 9.17) is 4.74 Å². The fourth-order valence-electron chi connectivity index (χ4n) is 2.91. The van der Waals surface area contributed by atoms with Crippen LogP contribution < -0.4 is 15.4 Å². The second kappa shape index (κ2) is 8.54. The van der Waals surface area contributed by atoms with Crippen molar-refractivity contribution in [3.8, 4) is 17.0 Å². The number of carbonyl (C=O) groups is 2. The zero-order chi connectivity index (χ0) is 21.8. The molecule has 0 aliphatic rings. The number of rotatable bonds is 6. The van der Waals surface area contributed by atoms with Crippen LogP contribution in [0.5, 0.6) is 5.75 Å². The van der Waals surface area contributed by atoms with Crippen molar-refractivity contribution in [3.05, 3.63) is 78.2 Å². The first kappa shape index (κ1) is 19.9. The van der Waals surface area contributed by atoms with Crippen LogP contribution in [0.15, 0.2) is 66.9 Å². The summed E-state index contributed by atoms with van der Waals surface area (Å²) in [5.41, 5.74) is 3.35. The van der Waals surface area contributed by atoms with Crippen molar-refractivity contribution >= 4 is 23.2 Å². The molecule has 9 heteroatoms. The summed E-state index contributed by atoms with van der Waals surface area (Å²) in [6.45, 7) is 0. The first-order valence-electron chi connectivity index (χ1n) is 9.44. The van der Waals surface area contributed by atoms with E-state index < -0.39 is 0 Å². The molecule has 0 aliphatic heterocycles. The number of aromatic nitrogens is 4. The van der Waals surface area contributed by atoms with E-state index in [2.05, 4.69) is 25.9 Å². The lowest BCUT2D eigenvalue weighted by Gasteiger charge is -2.06. The van der Waals surface area contributed by atoms with Gasteiger partial charge in [-0.05, 0) is 60.7 Å². The second-order valence-corrected chi connectivity index (χ2v) is 6.76. The molecule has 0 spiro atoms. The quantitative estimate of drug-likeness (QED) is 0.446. The van der Waals surface area contributed by atoms with E-state index >= 15 is 0 Å². The Kier molecular flexibility index (Phi) is 5.48. The summed E-state index contributed by atoms with van der Waals surface area (Å²) in [6, 6.07) is 17.5. The summed E-state index contributed by atoms with van der Waals surface area (Å²) >= 11 is 0. The first-order valence-corrected chi connectivity index (χ1v) is 9.44. The van der Waals surface area contributed by atoms with Gasteiger partial charge in [0, 0.05) is 30.2 Å². The predicted molar refractivity (Wildman–Crippen MR) is 116 cm³/mol. The highest BCUT2D eigenvalue weighted by molar-refractivity contribution is 6.04. The zero-order valence-electron chi connectivity index (χ0n) is 16.9. The van der Waals surface area contributed by atoms with Crippen molar-refractivity contribution in [1.29, 1.82) is 0 Å². The highest BCUT2D eigenvalue weighted by atomic mass is 16.5. The number of nitrogens with zero attached hydrogens (tertiary/aromatic N) is 3. The number of H-pyrrole nitrogens is 1. The molecule has 4 aromatic rings. The lowest BCUT2D eigenvalue weighted by Crippen LogP contribution is -2.14. The number of hydrogen-bond donors (Lipinski definition) is 3. The molecule has 2 amide bonds. The number of carbonyl (C=O) groups excluding carboxylic acids is 2. The van der Waals surface area contributed by atoms with E-state index in [0.29, 0.717) is 28.5 Å². The van der Waals surface area contributed by atoms with Gasteiger partial charge in [0.2, 0.25) is 0 Å². The van der Waals surface area contributed by atoms with Crippen molar-refractivity contribution in [1.82, 2.24) is 20.0 Å². The summed E-state index contributed by atoms with van der Waals surface area (Å²) in [7, 11) is 3.35. The normalized spacial score (nSPS) is 10.5. The van der Waals surface area contributed by atoms with Gasteiger partial charge in [-0.3, -0.25) is 19.4 Å². The number of ether oxygens (including phenoxy) is 1. The molecule has 9 nitrogen and oxygen atoms in total. The van der Waals surface area contributed by atoms with E-state index in [1.807, 2.05) is 24.3 Å². The topological polar surface area (TPSA) is 114 Å². The Morgan fingerprint density at radius 1 is 0.935 bits per heavy atom. The average molecular weight is 416 g/mol. The number of hydrogen-bond acceptors (Lipinski definition) is 5. The number of anilines is 2. The summed E-state index contributed by atoms with van der Waals surface area (Å²) in [4.78, 5) is 24.7. The van der Waals surface area contributed by atoms with E-state index in [1.54, 1.807) is 61.4 Å². The van der Waals surface area contributed by atoms with Gasteiger partial charge in [-0.1, -0.05) is 0 Å². The molecule has 0 saturated heterocycles. The second-order valence-electron chi connectivity index (χ2n) is 6.76. The molecule has 31 heavy (non-hydrogen) atoms. The van der Waals surface area contributed by atoms with Gasteiger partial charge in [0.1, 0.15) is 11.4 Å². The van der Waals surface area contributed by atoms with E-state index in [-0.39, 0.29) is 11.8 Å². The fourth-order valence-corrected chi connectivity index (χ4v) is 2.91. The maximum Gasteiger partial charge on any atom is 0.276 e. The van der Waals surface area contributed by atoms with Crippen molar-refractivity contribution in [3.63, 3.8) is 0 Å². The Labute approximate surface area is 178 Å². The Morgan fingerprint density at radius 3 is 2.16 bits per heavy atom. The van der Waals surface area contributed by atoms with Gasteiger partial charge in [0.25, 0.3) is 11.8 Å². The molecule has 3 N–H and O–H groups in total. The van der Waals surface area contributed by atoms with Gasteiger partial charge in [0.15, 0.2) is 5.69 Å². The summed E-state index contributed by atoms with van der Waals surface area (Å²) in [6.07, 6.45) is 1.70. The minimum atomic E-state index is -0.322. The van der Waals surface area contributed by atoms with Crippen molar-refractivity contribution < 1.29 is 14.3 Å². The highest BCUT2D eigenvalue weighted by Gasteiger charge is 2.12. The molecule has 0 bridgehead atoms. The third kappa shape index (κ3) is 4.61. The van der Waals surface area contributed by atoms with Crippen molar-refractivity contribution in [2.24, 2.45) is 7.05 Å². The minimum Gasteiger partial charge on any atom is -0.497 e. The van der Waals surface area contributed by atoms with Crippen LogP contribution in [-0.2, 0) is 7.05 Å². The van der Waals surface area contributed by atoms with Crippen LogP contribution in [0.4, 0.5) is 11.4 Å². The molecule has 0 radical (unpaired) electrons. The van der Waals surface area contributed by atoms with Gasteiger partial charge >= 0.3 is 0 Å². The average Bonchev–Trinajstić information content (AvgIpc) is 3.45. The molecule has 4 rings (SSSR count). The van der Waals surface area contributed by atoms with Gasteiger partial charge in [-0.25, -0.2) is 0 Å². The Hall–Kier alpha value is -4.40. The lowest BCUT2D eigenvalue weighted by atomic mass is 10.1. The first-order chi connectivity index (χ1) is 15.0. The standard InChI is InChI=1S/C22H20N6O3/c1-28-12-11-18(27-28)21(29)23-15-5-7-16(8-6-15)24-22(30)20-13-19(25-26-20)14-3-9-17(31-2)10-4-14/h3-13H,1-2H3,(H,23,29)(H,24,30)(H,25,26). The number of benzene rings is 2. The summed E-state index contributed by atoms with van der Waals surface area (Å²) in [5, 5.41) is 16.6. The highest BCUT2D eigenvalue weighted by Crippen LogP contribution is 2.22. The van der Waals surface area contributed by atoms with Crippen LogP contribution in [0.25, 0.3) is 11.3 Å². The van der Waals surface area contributed by atoms with Gasteiger partial charge in [-0.15, -0.1) is 0 Å². The predicted octanol–water partition coefficient (Wildman–Crippen LogP) is 3.32. The molecule has 2 heterocycles. The summed E-state index contributed by atoms with van der Waals surface area (Å²) in [5.74, 6) is 0.121. The molecule has 0 unspecified atom stereocenters. The largest absolute Gasteiger partial charge is 0.497 e. The van der Waals surface area contributed by atoms with Crippen LogP contribution >= 0.6 is 0 Å². The number of methoxy groups -OCH3 is 1. The third-order valence-electron chi connectivity index (χ3n) is 4.56. The molecule has 2 aromatic carbocycles. The molecule has 0 aliphatic carbocycles. The van der Waals surface area contributed by atoms with Crippen LogP contribution in [0.2, 0.25) is 0 Å². The molecule has 0 fully saturated rings. The molecule has 0 saturated carbocycles. The van der Waals surface area contributed by atoms with E-state index in [9.17, 15) is 9.59 Å². The van der Waals surface area contributed by atoms with Crippen LogP contribution in [-0.4, -0.2) is 38.9 Å². The fraction of sp³-hybridized carbons (Fsp3) is 0.0909. The number of aromatic amines is 1. The van der Waals surface area contributed by atoms with E-state index in [0.717, 1.165) is 11.3 Å². The molecular weight excluding hydrogens is 396 g/mol. The van der Waals surface area contributed by atoms with Crippen LogP contribution in [0, 0.1) is 0 Å². The number of aryl methyl sites for hydroxylation is 1. The Morgan fingerprint density at radius 2 is 1.58 bits per heavy atom. The maximum atomic E-state index is 12.5. The van der Waals surface area contributed by atoms with Crippen molar-refractivity contribution in [2.75, 3.05) is 17.7 Å². The summed E-state index contributed by atoms with van der Waals surface area (Å²) < 4.78 is 6.71. The van der Waals surface area contributed by atoms with Crippen LogP contribution in [0.3, 0.4) is 0 Å². The monoisotopic (exact) mass is 416 g/mol. The van der Waals surface area contributed by atoms with Gasteiger partial charge in [-0.2, -0.15) is 10.2 Å². The molecule has 0 atom stereocenters. The smallest absolute Gasteiger partial charge is 0.276 e. The number of nitrogens with one attached hydrogen (secondary N) is 3. The van der Waals surface area contributed by atoms with Crippen LogP contribution in [0.1, 0.15) is 21.0 Å². The number of amides is 2. The molecular formula is C22H20N6O3. The van der Waals surface area contributed by atoms with Crippen molar-refractivity contribution in [2.45, 2.75) is 0 Å². The van der Waals surface area contributed by atoms with Gasteiger partial charge in [0.05, 0.1) is 12.8 Å². The Bertz CT molecular complexity index is 1210. The SMILES string of the molecule is COc1ccc(-c2cc(C(=O)Nc3ccc(NC(=O)c4ccn(C)n4)cc3)[nH]n2)cc1. The minimum absolute atomic E-state index is 0.305. The lowest BCUT2D eigenvalue weighted by molar-refractivity contribution is 0.101. The van der Waals surface area contributed by atoms with E-state index in [1.165, 1.54) is 0 Å². The molecule has 156 valence electrons. The zero-order valence-corrected chi connectivity index (χ0v) is 16.9. The Balaban J connectivity index is 1.38. The van der Waals surface area contributed by atoms with Gasteiger partial charge < -0.3 is 15.4 Å². The molecule has 2 aromatic heterocycles. The maximum absolute atomic E-state index is 12.5. The third-order valence-corrected chi connectivity index (χ3v) is 4.56.